The third kappa shape index (κ3) is 4.03. The normalized spacial score (nSPS) is 23.4. The first-order valence-corrected chi connectivity index (χ1v) is 7.33. The van der Waals surface area contributed by atoms with Gasteiger partial charge in [-0.2, -0.15) is 0 Å². The average Bonchev–Trinajstić information content (AvgIpc) is 2.42. The molecule has 1 aromatic rings. The van der Waals surface area contributed by atoms with E-state index in [4.69, 9.17) is 0 Å². The van der Waals surface area contributed by atoms with Gasteiger partial charge in [-0.25, -0.2) is 0 Å². The van der Waals surface area contributed by atoms with E-state index in [0.29, 0.717) is 12.0 Å². The third-order valence-electron chi connectivity index (χ3n) is 3.98. The highest BCUT2D eigenvalue weighted by Crippen LogP contribution is 2.25. The summed E-state index contributed by atoms with van der Waals surface area (Å²) in [4.78, 5) is 5.09. The Hall–Kier alpha value is -0.900. The van der Waals surface area contributed by atoms with Gasteiger partial charge in [-0.1, -0.05) is 37.3 Å². The molecule has 0 spiro atoms. The molecule has 106 valence electrons. The molecule has 1 saturated heterocycles. The lowest BCUT2D eigenvalue weighted by Gasteiger charge is -2.41. The van der Waals surface area contributed by atoms with Crippen molar-refractivity contribution in [3.63, 3.8) is 0 Å². The monoisotopic (exact) mass is 261 g/mol. The molecule has 0 aliphatic carbocycles. The lowest BCUT2D eigenvalue weighted by molar-refractivity contribution is 0.0774. The van der Waals surface area contributed by atoms with E-state index in [1.165, 1.54) is 25.2 Å². The minimum absolute atomic E-state index is 0.541. The first kappa shape index (κ1) is 14.5. The molecule has 1 fully saturated rings. The molecule has 1 N–H and O–H groups in total. The van der Waals surface area contributed by atoms with Crippen molar-refractivity contribution < 1.29 is 0 Å². The van der Waals surface area contributed by atoms with Gasteiger partial charge in [0.05, 0.1) is 0 Å². The molecule has 2 rings (SSSR count). The van der Waals surface area contributed by atoms with E-state index in [0.717, 1.165) is 13.1 Å². The summed E-state index contributed by atoms with van der Waals surface area (Å²) in [7, 11) is 4.26. The van der Waals surface area contributed by atoms with Gasteiger partial charge < -0.3 is 10.2 Å². The Bertz CT molecular complexity index is 366. The van der Waals surface area contributed by atoms with Crippen LogP contribution in [0.5, 0.6) is 0 Å². The zero-order valence-electron chi connectivity index (χ0n) is 12.5. The topological polar surface area (TPSA) is 18.5 Å². The van der Waals surface area contributed by atoms with Gasteiger partial charge >= 0.3 is 0 Å². The van der Waals surface area contributed by atoms with Crippen LogP contribution < -0.4 is 5.32 Å². The van der Waals surface area contributed by atoms with E-state index < -0.39 is 0 Å². The van der Waals surface area contributed by atoms with Crippen LogP contribution in [0, 0.1) is 5.92 Å². The molecule has 19 heavy (non-hydrogen) atoms. The van der Waals surface area contributed by atoms with E-state index in [1.54, 1.807) is 0 Å². The van der Waals surface area contributed by atoms with Crippen LogP contribution in [0.15, 0.2) is 30.3 Å². The summed E-state index contributed by atoms with van der Waals surface area (Å²) < 4.78 is 0. The maximum absolute atomic E-state index is 3.28. The number of hydrogen-bond donors (Lipinski definition) is 1. The molecule has 1 heterocycles. The van der Waals surface area contributed by atoms with Gasteiger partial charge in [0, 0.05) is 32.2 Å². The fourth-order valence-corrected chi connectivity index (χ4v) is 2.98. The van der Waals surface area contributed by atoms with Crippen LogP contribution in [-0.4, -0.2) is 56.6 Å². The van der Waals surface area contributed by atoms with Crippen LogP contribution in [0.2, 0.25) is 0 Å². The van der Waals surface area contributed by atoms with E-state index in [2.05, 4.69) is 59.4 Å². The number of piperazine rings is 1. The number of nitrogens with zero attached hydrogens (tertiary/aromatic N) is 2. The molecule has 3 nitrogen and oxygen atoms in total. The summed E-state index contributed by atoms with van der Waals surface area (Å²) in [5.41, 5.74) is 1.45. The Labute approximate surface area is 117 Å². The summed E-state index contributed by atoms with van der Waals surface area (Å²) >= 11 is 0. The van der Waals surface area contributed by atoms with Crippen LogP contribution in [-0.2, 0) is 0 Å². The maximum atomic E-state index is 3.28. The van der Waals surface area contributed by atoms with Crippen LogP contribution in [0.4, 0.5) is 0 Å². The standard InChI is InChI=1S/C16H27N3/c1-14(11-17-2)12-19-10-9-18(3)13-16(19)15-7-5-4-6-8-15/h4-8,14,16-17H,9-13H2,1-3H3. The second-order valence-electron chi connectivity index (χ2n) is 5.85. The van der Waals surface area contributed by atoms with Crippen molar-refractivity contribution >= 4 is 0 Å². The van der Waals surface area contributed by atoms with Gasteiger partial charge in [0.1, 0.15) is 0 Å². The van der Waals surface area contributed by atoms with Gasteiger partial charge in [0.2, 0.25) is 0 Å². The number of hydrogen-bond acceptors (Lipinski definition) is 3. The Morgan fingerprint density at radius 1 is 1.26 bits per heavy atom. The molecule has 3 heteroatoms. The predicted octanol–water partition coefficient (Wildman–Crippen LogP) is 1.83. The second-order valence-corrected chi connectivity index (χ2v) is 5.85. The highest BCUT2D eigenvalue weighted by Gasteiger charge is 2.27. The number of benzene rings is 1. The molecule has 0 saturated carbocycles. The van der Waals surface area contributed by atoms with Gasteiger partial charge in [0.25, 0.3) is 0 Å². The number of nitrogens with one attached hydrogen (secondary N) is 1. The van der Waals surface area contributed by atoms with Gasteiger partial charge in [-0.3, -0.25) is 4.90 Å². The van der Waals surface area contributed by atoms with Crippen LogP contribution >= 0.6 is 0 Å². The highest BCUT2D eigenvalue weighted by atomic mass is 15.3. The summed E-state index contributed by atoms with van der Waals surface area (Å²) in [5.74, 6) is 0.694. The molecule has 2 unspecified atom stereocenters. The smallest absolute Gasteiger partial charge is 0.0475 e. The highest BCUT2D eigenvalue weighted by molar-refractivity contribution is 5.20. The van der Waals surface area contributed by atoms with E-state index in [1.807, 2.05) is 7.05 Å². The van der Waals surface area contributed by atoms with Crippen molar-refractivity contribution in [2.24, 2.45) is 5.92 Å². The van der Waals surface area contributed by atoms with Gasteiger partial charge in [0.15, 0.2) is 0 Å². The van der Waals surface area contributed by atoms with Crippen LogP contribution in [0.1, 0.15) is 18.5 Å². The molecular formula is C16H27N3. The lowest BCUT2D eigenvalue weighted by Crippen LogP contribution is -2.48. The summed E-state index contributed by atoms with van der Waals surface area (Å²) in [6, 6.07) is 11.5. The average molecular weight is 261 g/mol. The Morgan fingerprint density at radius 3 is 2.68 bits per heavy atom. The quantitative estimate of drug-likeness (QED) is 0.872. The molecule has 0 bridgehead atoms. The fraction of sp³-hybridized carbons (Fsp3) is 0.625. The number of likely N-dealkylation sites (N-methyl/N-ethyl adjacent to an activating group) is 1. The van der Waals surface area contributed by atoms with Crippen molar-refractivity contribution in [3.8, 4) is 0 Å². The first-order chi connectivity index (χ1) is 9.20. The van der Waals surface area contributed by atoms with Gasteiger partial charge in [-0.05, 0) is 32.1 Å². The lowest BCUT2D eigenvalue weighted by atomic mass is 10.0. The minimum Gasteiger partial charge on any atom is -0.319 e. The molecular weight excluding hydrogens is 234 g/mol. The predicted molar refractivity (Wildman–Crippen MR) is 81.3 cm³/mol. The summed E-state index contributed by atoms with van der Waals surface area (Å²) in [5, 5.41) is 3.28. The molecule has 0 radical (unpaired) electrons. The van der Waals surface area contributed by atoms with Crippen molar-refractivity contribution in [1.82, 2.24) is 15.1 Å². The van der Waals surface area contributed by atoms with Gasteiger partial charge in [-0.15, -0.1) is 0 Å². The minimum atomic E-state index is 0.541. The molecule has 1 aromatic carbocycles. The Kier molecular flexibility index (Phi) is 5.37. The van der Waals surface area contributed by atoms with Crippen molar-refractivity contribution in [1.29, 1.82) is 0 Å². The summed E-state index contributed by atoms with van der Waals surface area (Å²) in [6.45, 7) is 8.08. The zero-order valence-corrected chi connectivity index (χ0v) is 12.5. The second kappa shape index (κ2) is 7.04. The largest absolute Gasteiger partial charge is 0.319 e. The Morgan fingerprint density at radius 2 is 2.00 bits per heavy atom. The van der Waals surface area contributed by atoms with Crippen molar-refractivity contribution in [2.45, 2.75) is 13.0 Å². The zero-order chi connectivity index (χ0) is 13.7. The van der Waals surface area contributed by atoms with Crippen LogP contribution in [0.3, 0.4) is 0 Å². The fourth-order valence-electron chi connectivity index (χ4n) is 2.98. The van der Waals surface area contributed by atoms with Crippen molar-refractivity contribution in [3.05, 3.63) is 35.9 Å². The third-order valence-corrected chi connectivity index (χ3v) is 3.98. The van der Waals surface area contributed by atoms with Crippen molar-refractivity contribution in [2.75, 3.05) is 46.8 Å². The Balaban J connectivity index is 2.06. The first-order valence-electron chi connectivity index (χ1n) is 7.33. The molecule has 1 aliphatic rings. The van der Waals surface area contributed by atoms with E-state index in [-0.39, 0.29) is 0 Å². The van der Waals surface area contributed by atoms with E-state index >= 15 is 0 Å². The molecule has 0 amide bonds. The maximum Gasteiger partial charge on any atom is 0.0475 e. The SMILES string of the molecule is CNCC(C)CN1CCN(C)CC1c1ccccc1. The van der Waals surface area contributed by atoms with Crippen LogP contribution in [0.25, 0.3) is 0 Å². The molecule has 1 aliphatic heterocycles. The molecule has 0 aromatic heterocycles. The number of rotatable bonds is 5. The van der Waals surface area contributed by atoms with E-state index in [9.17, 15) is 0 Å². The summed E-state index contributed by atoms with van der Waals surface area (Å²) in [6.07, 6.45) is 0. The molecule has 2 atom stereocenters.